The van der Waals surface area contributed by atoms with E-state index in [1.165, 1.54) is 11.1 Å². The number of carbonyl (C=O) groups is 2. The normalized spacial score (nSPS) is 15.4. The molecule has 1 fully saturated rings. The summed E-state index contributed by atoms with van der Waals surface area (Å²) in [5, 5.41) is 0. The van der Waals surface area contributed by atoms with Gasteiger partial charge in [0.15, 0.2) is 0 Å². The van der Waals surface area contributed by atoms with E-state index in [0.717, 1.165) is 38.8 Å². The summed E-state index contributed by atoms with van der Waals surface area (Å²) in [6.07, 6.45) is 4.00. The van der Waals surface area contributed by atoms with E-state index in [-0.39, 0.29) is 17.7 Å². The minimum atomic E-state index is 0.128. The van der Waals surface area contributed by atoms with Crippen molar-refractivity contribution in [1.82, 2.24) is 9.80 Å². The maximum atomic E-state index is 12.6. The van der Waals surface area contributed by atoms with Gasteiger partial charge in [-0.1, -0.05) is 43.7 Å². The maximum Gasteiger partial charge on any atom is 0.225 e. The molecule has 0 unspecified atom stereocenters. The molecule has 0 atom stereocenters. The first-order chi connectivity index (χ1) is 12.0. The van der Waals surface area contributed by atoms with Crippen molar-refractivity contribution in [2.24, 2.45) is 5.92 Å². The Labute approximate surface area is 152 Å². The van der Waals surface area contributed by atoms with E-state index in [0.29, 0.717) is 19.5 Å². The molecule has 0 N–H and O–H groups in total. The second kappa shape index (κ2) is 9.59. The molecule has 1 aliphatic heterocycles. The lowest BCUT2D eigenvalue weighted by Gasteiger charge is -2.25. The van der Waals surface area contributed by atoms with Gasteiger partial charge in [-0.15, -0.1) is 0 Å². The van der Waals surface area contributed by atoms with Gasteiger partial charge in [-0.25, -0.2) is 0 Å². The van der Waals surface area contributed by atoms with Crippen LogP contribution in [0.4, 0.5) is 0 Å². The number of hydrogen-bond acceptors (Lipinski definition) is 2. The molecule has 0 aromatic heterocycles. The predicted molar refractivity (Wildman–Crippen MR) is 101 cm³/mol. The molecule has 1 aromatic carbocycles. The second-order valence-corrected chi connectivity index (χ2v) is 7.06. The van der Waals surface area contributed by atoms with Crippen molar-refractivity contribution in [3.05, 3.63) is 35.4 Å². The minimum absolute atomic E-state index is 0.128. The van der Waals surface area contributed by atoms with Gasteiger partial charge in [0.25, 0.3) is 0 Å². The SMILES string of the molecule is CCC(CC)C(=O)N1CCCN(C(=O)CCc2cccc(C)c2)CC1. The van der Waals surface area contributed by atoms with Crippen LogP contribution in [0.5, 0.6) is 0 Å². The zero-order chi connectivity index (χ0) is 18.2. The van der Waals surface area contributed by atoms with Crippen LogP contribution in [0.15, 0.2) is 24.3 Å². The molecule has 0 bridgehead atoms. The molecule has 25 heavy (non-hydrogen) atoms. The third-order valence-corrected chi connectivity index (χ3v) is 5.21. The highest BCUT2D eigenvalue weighted by Crippen LogP contribution is 2.15. The first-order valence-corrected chi connectivity index (χ1v) is 9.67. The first kappa shape index (κ1) is 19.5. The van der Waals surface area contributed by atoms with E-state index in [4.69, 9.17) is 0 Å². The van der Waals surface area contributed by atoms with Crippen LogP contribution in [-0.2, 0) is 16.0 Å². The van der Waals surface area contributed by atoms with Gasteiger partial charge in [0.2, 0.25) is 11.8 Å². The third kappa shape index (κ3) is 5.58. The van der Waals surface area contributed by atoms with E-state index in [1.807, 2.05) is 15.9 Å². The molecule has 1 saturated heterocycles. The Bertz CT molecular complexity index is 581. The summed E-state index contributed by atoms with van der Waals surface area (Å²) in [7, 11) is 0. The van der Waals surface area contributed by atoms with Gasteiger partial charge in [-0.2, -0.15) is 0 Å². The minimum Gasteiger partial charge on any atom is -0.341 e. The molecular weight excluding hydrogens is 312 g/mol. The fourth-order valence-corrected chi connectivity index (χ4v) is 3.56. The molecule has 4 heteroatoms. The zero-order valence-corrected chi connectivity index (χ0v) is 16.0. The van der Waals surface area contributed by atoms with Gasteiger partial charge in [0.05, 0.1) is 0 Å². The Hall–Kier alpha value is -1.84. The summed E-state index contributed by atoms with van der Waals surface area (Å²) in [6, 6.07) is 8.35. The van der Waals surface area contributed by atoms with Crippen LogP contribution in [0.1, 0.15) is 50.7 Å². The highest BCUT2D eigenvalue weighted by molar-refractivity contribution is 5.79. The largest absolute Gasteiger partial charge is 0.341 e. The number of hydrogen-bond donors (Lipinski definition) is 0. The van der Waals surface area contributed by atoms with Gasteiger partial charge in [0, 0.05) is 38.5 Å². The molecule has 0 radical (unpaired) electrons. The molecule has 2 rings (SSSR count). The smallest absolute Gasteiger partial charge is 0.225 e. The first-order valence-electron chi connectivity index (χ1n) is 9.67. The summed E-state index contributed by atoms with van der Waals surface area (Å²) in [5.41, 5.74) is 2.45. The fourth-order valence-electron chi connectivity index (χ4n) is 3.56. The highest BCUT2D eigenvalue weighted by atomic mass is 16.2. The van der Waals surface area contributed by atoms with Crippen LogP contribution in [0.3, 0.4) is 0 Å². The van der Waals surface area contributed by atoms with E-state index >= 15 is 0 Å². The van der Waals surface area contributed by atoms with Gasteiger partial charge >= 0.3 is 0 Å². The van der Waals surface area contributed by atoms with Crippen molar-refractivity contribution in [3.63, 3.8) is 0 Å². The van der Waals surface area contributed by atoms with E-state index < -0.39 is 0 Å². The summed E-state index contributed by atoms with van der Waals surface area (Å²) < 4.78 is 0. The summed E-state index contributed by atoms with van der Waals surface area (Å²) in [6.45, 7) is 9.10. The fraction of sp³-hybridized carbons (Fsp3) is 0.619. The zero-order valence-electron chi connectivity index (χ0n) is 16.0. The Morgan fingerprint density at radius 3 is 2.40 bits per heavy atom. The van der Waals surface area contributed by atoms with Gasteiger partial charge in [0.1, 0.15) is 0 Å². The Kier molecular flexibility index (Phi) is 7.48. The molecule has 0 saturated carbocycles. The second-order valence-electron chi connectivity index (χ2n) is 7.06. The Morgan fingerprint density at radius 1 is 1.04 bits per heavy atom. The molecular formula is C21H32N2O2. The Balaban J connectivity index is 1.85. The summed E-state index contributed by atoms with van der Waals surface area (Å²) in [4.78, 5) is 29.0. The quantitative estimate of drug-likeness (QED) is 0.793. The average Bonchev–Trinajstić information content (AvgIpc) is 2.87. The van der Waals surface area contributed by atoms with Crippen LogP contribution >= 0.6 is 0 Å². The summed E-state index contributed by atoms with van der Waals surface area (Å²) >= 11 is 0. The van der Waals surface area contributed by atoms with Gasteiger partial charge < -0.3 is 9.80 Å². The molecule has 1 aromatic rings. The number of amides is 2. The predicted octanol–water partition coefficient (Wildman–Crippen LogP) is 3.42. The molecule has 0 aliphatic carbocycles. The van der Waals surface area contributed by atoms with Gasteiger partial charge in [-0.05, 0) is 38.2 Å². The van der Waals surface area contributed by atoms with Crippen molar-refractivity contribution < 1.29 is 9.59 Å². The van der Waals surface area contributed by atoms with E-state index in [2.05, 4.69) is 39.0 Å². The Morgan fingerprint density at radius 2 is 1.72 bits per heavy atom. The lowest BCUT2D eigenvalue weighted by molar-refractivity contribution is -0.136. The van der Waals surface area contributed by atoms with E-state index in [9.17, 15) is 9.59 Å². The van der Waals surface area contributed by atoms with Crippen LogP contribution in [-0.4, -0.2) is 47.8 Å². The number of carbonyl (C=O) groups excluding carboxylic acids is 2. The number of rotatable bonds is 6. The molecule has 2 amide bonds. The maximum absolute atomic E-state index is 12.6. The molecule has 1 heterocycles. The van der Waals surface area contributed by atoms with Crippen LogP contribution in [0.25, 0.3) is 0 Å². The standard InChI is InChI=1S/C21H32N2O2/c1-4-19(5-2)21(25)23-13-7-12-22(14-15-23)20(24)11-10-18-9-6-8-17(3)16-18/h6,8-9,16,19H,4-5,7,10-15H2,1-3H3. The third-order valence-electron chi connectivity index (χ3n) is 5.21. The molecule has 0 spiro atoms. The van der Waals surface area contributed by atoms with Gasteiger partial charge in [-0.3, -0.25) is 9.59 Å². The monoisotopic (exact) mass is 344 g/mol. The van der Waals surface area contributed by atoms with Crippen LogP contribution in [0, 0.1) is 12.8 Å². The van der Waals surface area contributed by atoms with Crippen molar-refractivity contribution in [2.45, 2.75) is 52.9 Å². The van der Waals surface area contributed by atoms with Crippen LogP contribution in [0.2, 0.25) is 0 Å². The molecule has 138 valence electrons. The van der Waals surface area contributed by atoms with Crippen molar-refractivity contribution in [1.29, 1.82) is 0 Å². The lowest BCUT2D eigenvalue weighted by atomic mass is 10.0. The number of benzene rings is 1. The topological polar surface area (TPSA) is 40.6 Å². The van der Waals surface area contributed by atoms with Crippen molar-refractivity contribution >= 4 is 11.8 Å². The highest BCUT2D eigenvalue weighted by Gasteiger charge is 2.25. The number of nitrogens with zero attached hydrogens (tertiary/aromatic N) is 2. The lowest BCUT2D eigenvalue weighted by Crippen LogP contribution is -2.39. The van der Waals surface area contributed by atoms with E-state index in [1.54, 1.807) is 0 Å². The van der Waals surface area contributed by atoms with Crippen molar-refractivity contribution in [2.75, 3.05) is 26.2 Å². The van der Waals surface area contributed by atoms with Crippen molar-refractivity contribution in [3.8, 4) is 0 Å². The van der Waals surface area contributed by atoms with Crippen LogP contribution < -0.4 is 0 Å². The molecule has 4 nitrogen and oxygen atoms in total. The summed E-state index contributed by atoms with van der Waals surface area (Å²) in [5.74, 6) is 0.598. The average molecular weight is 344 g/mol. The number of aryl methyl sites for hydroxylation is 2. The molecule has 1 aliphatic rings.